The lowest BCUT2D eigenvalue weighted by Gasteiger charge is -2.17. The molecule has 0 unspecified atom stereocenters. The van der Waals surface area contributed by atoms with Gasteiger partial charge in [-0.25, -0.2) is 17.8 Å². The Kier molecular flexibility index (Phi) is 4.37. The first-order chi connectivity index (χ1) is 9.41. The predicted octanol–water partition coefficient (Wildman–Crippen LogP) is 2.69. The van der Waals surface area contributed by atoms with Gasteiger partial charge in [0.25, 0.3) is 0 Å². The molecule has 0 aliphatic carbocycles. The van der Waals surface area contributed by atoms with Crippen molar-refractivity contribution in [2.45, 2.75) is 11.4 Å². The molecule has 0 fully saturated rings. The molecule has 2 aromatic rings. The van der Waals surface area contributed by atoms with E-state index < -0.39 is 15.8 Å². The summed E-state index contributed by atoms with van der Waals surface area (Å²) in [5, 5.41) is 0.0883. The first-order valence-corrected chi connectivity index (χ1v) is 7.54. The van der Waals surface area contributed by atoms with Crippen molar-refractivity contribution in [2.75, 3.05) is 7.05 Å². The van der Waals surface area contributed by atoms with Crippen LogP contribution in [0.25, 0.3) is 0 Å². The second-order valence-electron chi connectivity index (χ2n) is 4.17. The van der Waals surface area contributed by atoms with Gasteiger partial charge in [-0.1, -0.05) is 29.8 Å². The van der Waals surface area contributed by atoms with E-state index in [2.05, 4.69) is 4.98 Å². The van der Waals surface area contributed by atoms with Crippen LogP contribution in [0.4, 0.5) is 4.39 Å². The topological polar surface area (TPSA) is 50.3 Å². The number of sulfonamides is 1. The molecule has 0 atom stereocenters. The molecule has 106 valence electrons. The van der Waals surface area contributed by atoms with Gasteiger partial charge in [-0.15, -0.1) is 0 Å². The zero-order valence-electron chi connectivity index (χ0n) is 10.6. The molecule has 0 saturated heterocycles. The highest BCUT2D eigenvalue weighted by atomic mass is 35.5. The van der Waals surface area contributed by atoms with Crippen molar-refractivity contribution in [1.29, 1.82) is 0 Å². The van der Waals surface area contributed by atoms with Gasteiger partial charge in [0.2, 0.25) is 10.0 Å². The van der Waals surface area contributed by atoms with Gasteiger partial charge >= 0.3 is 0 Å². The fourth-order valence-corrected chi connectivity index (χ4v) is 3.08. The van der Waals surface area contributed by atoms with Crippen molar-refractivity contribution >= 4 is 21.6 Å². The van der Waals surface area contributed by atoms with Crippen molar-refractivity contribution in [1.82, 2.24) is 9.29 Å². The molecular weight excluding hydrogens is 303 g/mol. The Bertz CT molecular complexity index is 722. The molecule has 4 nitrogen and oxygen atoms in total. The Morgan fingerprint density at radius 2 is 2.00 bits per heavy atom. The standard InChI is InChI=1S/C13H12ClFN2O2S/c1-17(9-10-4-2-3-5-12(10)15)20(18,19)11-6-7-16-13(14)8-11/h2-8H,9H2,1H3. The molecule has 0 radical (unpaired) electrons. The van der Waals surface area contributed by atoms with Gasteiger partial charge in [0.1, 0.15) is 11.0 Å². The lowest BCUT2D eigenvalue weighted by atomic mass is 10.2. The van der Waals surface area contributed by atoms with Crippen molar-refractivity contribution in [3.63, 3.8) is 0 Å². The summed E-state index contributed by atoms with van der Waals surface area (Å²) in [6, 6.07) is 8.64. The minimum atomic E-state index is -3.73. The summed E-state index contributed by atoms with van der Waals surface area (Å²) in [5.74, 6) is -0.442. The molecule has 0 bridgehead atoms. The fraction of sp³-hybridized carbons (Fsp3) is 0.154. The Morgan fingerprint density at radius 1 is 1.30 bits per heavy atom. The molecule has 2 rings (SSSR count). The Hall–Kier alpha value is -1.50. The number of rotatable bonds is 4. The van der Waals surface area contributed by atoms with E-state index in [9.17, 15) is 12.8 Å². The third kappa shape index (κ3) is 3.15. The van der Waals surface area contributed by atoms with Gasteiger partial charge in [0, 0.05) is 25.4 Å². The maximum Gasteiger partial charge on any atom is 0.243 e. The second-order valence-corrected chi connectivity index (χ2v) is 6.60. The highest BCUT2D eigenvalue weighted by molar-refractivity contribution is 7.89. The largest absolute Gasteiger partial charge is 0.244 e. The molecule has 0 spiro atoms. The van der Waals surface area contributed by atoms with E-state index in [0.29, 0.717) is 5.56 Å². The monoisotopic (exact) mass is 314 g/mol. The molecular formula is C13H12ClFN2O2S. The van der Waals surface area contributed by atoms with Crippen LogP contribution in [0, 0.1) is 5.82 Å². The van der Waals surface area contributed by atoms with Crippen LogP contribution in [0.5, 0.6) is 0 Å². The summed E-state index contributed by atoms with van der Waals surface area (Å²) >= 11 is 5.69. The minimum absolute atomic E-state index is 0.0244. The highest BCUT2D eigenvalue weighted by Crippen LogP contribution is 2.19. The molecule has 1 aromatic heterocycles. The van der Waals surface area contributed by atoms with E-state index in [-0.39, 0.29) is 16.6 Å². The average molecular weight is 315 g/mol. The van der Waals surface area contributed by atoms with Crippen LogP contribution < -0.4 is 0 Å². The summed E-state index contributed by atoms with van der Waals surface area (Å²) in [7, 11) is -2.35. The fourth-order valence-electron chi connectivity index (χ4n) is 1.68. The Morgan fingerprint density at radius 3 is 2.65 bits per heavy atom. The van der Waals surface area contributed by atoms with Gasteiger partial charge in [0.05, 0.1) is 4.90 Å². The molecule has 0 N–H and O–H groups in total. The Balaban J connectivity index is 2.29. The molecule has 1 heterocycles. The first kappa shape index (κ1) is 14.9. The van der Waals surface area contributed by atoms with Crippen molar-refractivity contribution in [3.05, 3.63) is 59.1 Å². The lowest BCUT2D eigenvalue weighted by Crippen LogP contribution is -2.27. The molecule has 0 aliphatic rings. The van der Waals surface area contributed by atoms with E-state index in [1.807, 2.05) is 0 Å². The van der Waals surface area contributed by atoms with Crippen LogP contribution in [-0.4, -0.2) is 24.8 Å². The van der Waals surface area contributed by atoms with Crippen molar-refractivity contribution in [2.24, 2.45) is 0 Å². The number of halogens is 2. The van der Waals surface area contributed by atoms with Crippen LogP contribution in [0.1, 0.15) is 5.56 Å². The summed E-state index contributed by atoms with van der Waals surface area (Å²) < 4.78 is 39.3. The molecule has 20 heavy (non-hydrogen) atoms. The van der Waals surface area contributed by atoms with Crippen LogP contribution in [0.15, 0.2) is 47.5 Å². The number of hydrogen-bond donors (Lipinski definition) is 0. The van der Waals surface area contributed by atoms with Crippen LogP contribution in [-0.2, 0) is 16.6 Å². The van der Waals surface area contributed by atoms with E-state index in [4.69, 9.17) is 11.6 Å². The molecule has 7 heteroatoms. The van der Waals surface area contributed by atoms with Gasteiger partial charge in [-0.05, 0) is 18.2 Å². The lowest BCUT2D eigenvalue weighted by molar-refractivity contribution is 0.456. The summed E-state index contributed by atoms with van der Waals surface area (Å²) in [5.41, 5.74) is 0.304. The highest BCUT2D eigenvalue weighted by Gasteiger charge is 2.22. The van der Waals surface area contributed by atoms with E-state index >= 15 is 0 Å². The van der Waals surface area contributed by atoms with Crippen LogP contribution in [0.3, 0.4) is 0 Å². The quantitative estimate of drug-likeness (QED) is 0.815. The van der Waals surface area contributed by atoms with Gasteiger partial charge in [-0.2, -0.15) is 4.31 Å². The number of pyridine rings is 1. The second kappa shape index (κ2) is 5.87. The molecule has 1 aromatic carbocycles. The maximum atomic E-state index is 13.6. The number of hydrogen-bond acceptors (Lipinski definition) is 3. The normalized spacial score (nSPS) is 11.8. The minimum Gasteiger partial charge on any atom is -0.244 e. The molecule has 0 saturated carbocycles. The molecule has 0 aliphatic heterocycles. The van der Waals surface area contributed by atoms with Gasteiger partial charge < -0.3 is 0 Å². The van der Waals surface area contributed by atoms with E-state index in [1.54, 1.807) is 18.2 Å². The third-order valence-corrected chi connectivity index (χ3v) is 4.76. The molecule has 0 amide bonds. The van der Waals surface area contributed by atoms with E-state index in [0.717, 1.165) is 4.31 Å². The average Bonchev–Trinajstić information content (AvgIpc) is 2.41. The summed E-state index contributed by atoms with van der Waals surface area (Å²) in [4.78, 5) is 3.76. The van der Waals surface area contributed by atoms with Gasteiger partial charge in [0.15, 0.2) is 0 Å². The van der Waals surface area contributed by atoms with E-state index in [1.165, 1.54) is 31.4 Å². The number of benzene rings is 1. The number of nitrogens with zero attached hydrogens (tertiary/aromatic N) is 2. The Labute approximate surface area is 121 Å². The van der Waals surface area contributed by atoms with Crippen LogP contribution in [0.2, 0.25) is 5.15 Å². The first-order valence-electron chi connectivity index (χ1n) is 5.72. The zero-order chi connectivity index (χ0) is 14.8. The smallest absolute Gasteiger partial charge is 0.243 e. The van der Waals surface area contributed by atoms with Crippen LogP contribution >= 0.6 is 11.6 Å². The SMILES string of the molecule is CN(Cc1ccccc1F)S(=O)(=O)c1ccnc(Cl)c1. The maximum absolute atomic E-state index is 13.6. The predicted molar refractivity (Wildman–Crippen MR) is 74.3 cm³/mol. The van der Waals surface area contributed by atoms with Gasteiger partial charge in [-0.3, -0.25) is 0 Å². The summed E-state index contributed by atoms with van der Waals surface area (Å²) in [6.07, 6.45) is 1.31. The third-order valence-electron chi connectivity index (χ3n) is 2.76. The van der Waals surface area contributed by atoms with Crippen molar-refractivity contribution < 1.29 is 12.8 Å². The van der Waals surface area contributed by atoms with Crippen molar-refractivity contribution in [3.8, 4) is 0 Å². The number of aromatic nitrogens is 1. The zero-order valence-corrected chi connectivity index (χ0v) is 12.2. The summed E-state index contributed by atoms with van der Waals surface area (Å²) in [6.45, 7) is -0.0606.